The van der Waals surface area contributed by atoms with Gasteiger partial charge in [0.1, 0.15) is 0 Å². The van der Waals surface area contributed by atoms with E-state index in [2.05, 4.69) is 18.5 Å². The summed E-state index contributed by atoms with van der Waals surface area (Å²) in [6, 6.07) is 5.12. The molecule has 4 nitrogen and oxygen atoms in total. The molecule has 0 aliphatic carbocycles. The van der Waals surface area contributed by atoms with Crippen molar-refractivity contribution in [3.8, 4) is 0 Å². The molecule has 0 saturated heterocycles. The minimum atomic E-state index is -0.953. The van der Waals surface area contributed by atoms with Crippen molar-refractivity contribution in [2.24, 2.45) is 0 Å². The molecule has 1 heterocycles. The van der Waals surface area contributed by atoms with Gasteiger partial charge >= 0.3 is 7.12 Å². The normalized spacial score (nSPS) is 13.9. The van der Waals surface area contributed by atoms with Gasteiger partial charge < -0.3 is 15.0 Å². The van der Waals surface area contributed by atoms with Gasteiger partial charge in [-0.15, -0.1) is 0 Å². The molecule has 2 rings (SSSR count). The Balaban J connectivity index is 2.21. The highest BCUT2D eigenvalue weighted by atomic mass is 16.5. The molecule has 0 unspecified atom stereocenters. The van der Waals surface area contributed by atoms with Crippen molar-refractivity contribution in [1.29, 1.82) is 0 Å². The average molecular weight is 255 g/mol. The topological polar surface area (TPSA) is 58.6 Å². The zero-order valence-electron chi connectivity index (χ0n) is 10.4. The zero-order chi connectivity index (χ0) is 13.8. The van der Waals surface area contributed by atoms with E-state index in [4.69, 9.17) is 4.65 Å². The maximum atomic E-state index is 12.0. The highest BCUT2D eigenvalue weighted by Crippen LogP contribution is 2.11. The molecule has 1 aromatic rings. The summed E-state index contributed by atoms with van der Waals surface area (Å²) >= 11 is 0. The van der Waals surface area contributed by atoms with Crippen LogP contribution in [-0.4, -0.2) is 18.0 Å². The summed E-state index contributed by atoms with van der Waals surface area (Å²) in [5.41, 5.74) is 2.56. The maximum absolute atomic E-state index is 12.0. The SMILES string of the molecule is C=CC=C(C=C)NC(=O)c1ccc2c(c1)B(O)OC2. The number of hydrogen-bond acceptors (Lipinski definition) is 3. The van der Waals surface area contributed by atoms with Gasteiger partial charge in [-0.3, -0.25) is 4.79 Å². The fraction of sp³-hybridized carbons (Fsp3) is 0.0714. The molecule has 0 spiro atoms. The Kier molecular flexibility index (Phi) is 3.99. The molecular weight excluding hydrogens is 241 g/mol. The molecule has 0 saturated carbocycles. The van der Waals surface area contributed by atoms with Gasteiger partial charge in [0.15, 0.2) is 0 Å². The van der Waals surface area contributed by atoms with Crippen LogP contribution in [0.5, 0.6) is 0 Å². The lowest BCUT2D eigenvalue weighted by molar-refractivity contribution is 0.0967. The number of allylic oxidation sites excluding steroid dienone is 3. The van der Waals surface area contributed by atoms with Gasteiger partial charge in [-0.05, 0) is 35.3 Å². The summed E-state index contributed by atoms with van der Waals surface area (Å²) < 4.78 is 5.08. The van der Waals surface area contributed by atoms with Gasteiger partial charge in [0.25, 0.3) is 5.91 Å². The first-order chi connectivity index (χ1) is 9.15. The molecule has 96 valence electrons. The van der Waals surface area contributed by atoms with Crippen LogP contribution >= 0.6 is 0 Å². The number of carbonyl (C=O) groups excluding carboxylic acids is 1. The number of hydrogen-bond donors (Lipinski definition) is 2. The van der Waals surface area contributed by atoms with E-state index in [1.165, 1.54) is 6.08 Å². The molecule has 5 heteroatoms. The van der Waals surface area contributed by atoms with Crippen LogP contribution in [0, 0.1) is 0 Å². The first-order valence-electron chi connectivity index (χ1n) is 5.84. The summed E-state index contributed by atoms with van der Waals surface area (Å²) in [6.07, 6.45) is 4.75. The molecule has 1 aromatic carbocycles. The molecule has 0 bridgehead atoms. The third-order valence-corrected chi connectivity index (χ3v) is 2.85. The Hall–Kier alpha value is -2.11. The monoisotopic (exact) mass is 255 g/mol. The highest BCUT2D eigenvalue weighted by Gasteiger charge is 2.27. The molecule has 19 heavy (non-hydrogen) atoms. The minimum Gasteiger partial charge on any atom is -0.423 e. The molecule has 2 N–H and O–H groups in total. The van der Waals surface area contributed by atoms with Crippen molar-refractivity contribution in [3.05, 3.63) is 66.4 Å². The number of benzene rings is 1. The van der Waals surface area contributed by atoms with Crippen LogP contribution in [-0.2, 0) is 11.3 Å². The summed E-state index contributed by atoms with van der Waals surface area (Å²) in [5, 5.41) is 12.3. The third kappa shape index (κ3) is 2.84. The second-order valence-electron chi connectivity index (χ2n) is 4.09. The molecule has 1 amide bonds. The smallest absolute Gasteiger partial charge is 0.423 e. The van der Waals surface area contributed by atoms with Crippen molar-refractivity contribution in [2.75, 3.05) is 0 Å². The van der Waals surface area contributed by atoms with E-state index >= 15 is 0 Å². The van der Waals surface area contributed by atoms with Crippen molar-refractivity contribution in [3.63, 3.8) is 0 Å². The van der Waals surface area contributed by atoms with Crippen molar-refractivity contribution >= 4 is 18.5 Å². The Morgan fingerprint density at radius 1 is 1.47 bits per heavy atom. The van der Waals surface area contributed by atoms with Crippen molar-refractivity contribution < 1.29 is 14.5 Å². The molecule has 0 aromatic heterocycles. The lowest BCUT2D eigenvalue weighted by Gasteiger charge is -2.07. The minimum absolute atomic E-state index is 0.269. The highest BCUT2D eigenvalue weighted by molar-refractivity contribution is 6.61. The van der Waals surface area contributed by atoms with E-state index in [-0.39, 0.29) is 5.91 Å². The van der Waals surface area contributed by atoms with Crippen LogP contribution in [0.2, 0.25) is 0 Å². The molecule has 0 atom stereocenters. The van der Waals surface area contributed by atoms with Crippen LogP contribution in [0.15, 0.2) is 55.3 Å². The fourth-order valence-corrected chi connectivity index (χ4v) is 1.85. The summed E-state index contributed by atoms with van der Waals surface area (Å²) in [6.45, 7) is 7.53. The lowest BCUT2D eigenvalue weighted by atomic mass is 9.79. The first kappa shape index (κ1) is 13.3. The largest absolute Gasteiger partial charge is 0.491 e. The standard InChI is InChI=1S/C14H14BNO3/c1-3-5-12(4-2)16-14(17)10-6-7-11-9-19-15(18)13(11)8-10/h3-8,18H,1-2,9H2,(H,16,17). The zero-order valence-corrected chi connectivity index (χ0v) is 10.4. The first-order valence-corrected chi connectivity index (χ1v) is 5.84. The van der Waals surface area contributed by atoms with Crippen LogP contribution in [0.1, 0.15) is 15.9 Å². The Bertz CT molecular complexity index is 566. The molecule has 1 aliphatic heterocycles. The van der Waals surface area contributed by atoms with Gasteiger partial charge in [0.05, 0.1) is 6.61 Å². The molecule has 0 radical (unpaired) electrons. The van der Waals surface area contributed by atoms with Gasteiger partial charge in [-0.2, -0.15) is 0 Å². The van der Waals surface area contributed by atoms with Gasteiger partial charge in [-0.25, -0.2) is 0 Å². The molecule has 0 fully saturated rings. The Labute approximate surface area is 112 Å². The van der Waals surface area contributed by atoms with Crippen LogP contribution in [0.3, 0.4) is 0 Å². The van der Waals surface area contributed by atoms with Crippen LogP contribution in [0.25, 0.3) is 0 Å². The third-order valence-electron chi connectivity index (χ3n) is 2.85. The van der Waals surface area contributed by atoms with E-state index in [1.807, 2.05) is 0 Å². The van der Waals surface area contributed by atoms with E-state index in [1.54, 1.807) is 30.4 Å². The number of nitrogens with one attached hydrogen (secondary N) is 1. The number of carbonyl (C=O) groups is 1. The molecule has 1 aliphatic rings. The van der Waals surface area contributed by atoms with E-state index < -0.39 is 7.12 Å². The van der Waals surface area contributed by atoms with Crippen molar-refractivity contribution in [1.82, 2.24) is 5.32 Å². The van der Waals surface area contributed by atoms with Crippen LogP contribution in [0.4, 0.5) is 0 Å². The van der Waals surface area contributed by atoms with Crippen molar-refractivity contribution in [2.45, 2.75) is 6.61 Å². The second kappa shape index (κ2) is 5.69. The fourth-order valence-electron chi connectivity index (χ4n) is 1.85. The van der Waals surface area contributed by atoms with Crippen LogP contribution < -0.4 is 10.8 Å². The summed E-state index contributed by atoms with van der Waals surface area (Å²) in [7, 11) is -0.953. The van der Waals surface area contributed by atoms with Gasteiger partial charge in [-0.1, -0.05) is 25.3 Å². The summed E-state index contributed by atoms with van der Waals surface area (Å²) in [5.74, 6) is -0.269. The second-order valence-corrected chi connectivity index (χ2v) is 4.09. The lowest BCUT2D eigenvalue weighted by Crippen LogP contribution is -2.30. The van der Waals surface area contributed by atoms with Gasteiger partial charge in [0.2, 0.25) is 0 Å². The molecular formula is C14H14BNO3. The number of amides is 1. The Morgan fingerprint density at radius 2 is 2.26 bits per heavy atom. The predicted molar refractivity (Wildman–Crippen MR) is 74.8 cm³/mol. The number of fused-ring (bicyclic) bond motifs is 1. The van der Waals surface area contributed by atoms with E-state index in [0.717, 1.165) is 5.56 Å². The quantitative estimate of drug-likeness (QED) is 0.620. The summed E-state index contributed by atoms with van der Waals surface area (Å²) in [4.78, 5) is 12.0. The van der Waals surface area contributed by atoms with E-state index in [9.17, 15) is 9.82 Å². The average Bonchev–Trinajstić information content (AvgIpc) is 2.79. The predicted octanol–water partition coefficient (Wildman–Crippen LogP) is 0.890. The van der Waals surface area contributed by atoms with Gasteiger partial charge in [0, 0.05) is 11.3 Å². The Morgan fingerprint density at radius 3 is 2.95 bits per heavy atom. The number of rotatable bonds is 4. The van der Waals surface area contributed by atoms with E-state index in [0.29, 0.717) is 23.3 Å². The maximum Gasteiger partial charge on any atom is 0.491 e.